The predicted molar refractivity (Wildman–Crippen MR) is 74.7 cm³/mol. The summed E-state index contributed by atoms with van der Waals surface area (Å²) in [4.78, 5) is 34.2. The normalized spacial score (nSPS) is 12.0. The van der Waals surface area contributed by atoms with Crippen LogP contribution in [0.2, 0.25) is 0 Å². The summed E-state index contributed by atoms with van der Waals surface area (Å²) in [5.74, 6) is -1.64. The van der Waals surface area contributed by atoms with E-state index in [-0.39, 0.29) is 24.8 Å². The highest BCUT2D eigenvalue weighted by molar-refractivity contribution is 5.94. The lowest BCUT2D eigenvalue weighted by atomic mass is 10.0. The maximum absolute atomic E-state index is 11.7. The van der Waals surface area contributed by atoms with E-state index < -0.39 is 17.9 Å². The molecule has 0 aliphatic rings. The molecule has 0 fully saturated rings. The van der Waals surface area contributed by atoms with E-state index in [9.17, 15) is 14.4 Å². The van der Waals surface area contributed by atoms with Gasteiger partial charge in [-0.3, -0.25) is 9.59 Å². The second kappa shape index (κ2) is 8.08. The Morgan fingerprint density at radius 3 is 2.57 bits per heavy atom. The number of aliphatic carboxylic acids is 1. The molecular weight excluding hydrogens is 276 g/mol. The Bertz CT molecular complexity index is 482. The first-order valence-corrected chi connectivity index (χ1v) is 6.72. The lowest BCUT2D eigenvalue weighted by Gasteiger charge is -2.16. The summed E-state index contributed by atoms with van der Waals surface area (Å²) in [6.45, 7) is 3.89. The van der Waals surface area contributed by atoms with Gasteiger partial charge < -0.3 is 20.2 Å². The number of hydrogen-bond donors (Lipinski definition) is 3. The molecule has 1 aromatic rings. The van der Waals surface area contributed by atoms with E-state index in [0.717, 1.165) is 0 Å². The van der Waals surface area contributed by atoms with Crippen LogP contribution in [0.3, 0.4) is 0 Å². The van der Waals surface area contributed by atoms with Crippen molar-refractivity contribution in [3.8, 4) is 0 Å². The molecule has 0 unspecified atom stereocenters. The topological polar surface area (TPSA) is 109 Å². The largest absolute Gasteiger partial charge is 0.480 e. The van der Waals surface area contributed by atoms with Gasteiger partial charge in [-0.05, 0) is 18.4 Å². The minimum atomic E-state index is -1.06. The first kappa shape index (κ1) is 16.7. The van der Waals surface area contributed by atoms with E-state index in [4.69, 9.17) is 9.52 Å². The Hall–Kier alpha value is -2.31. The highest BCUT2D eigenvalue weighted by Crippen LogP contribution is 2.05. The fourth-order valence-corrected chi connectivity index (χ4v) is 1.74. The summed E-state index contributed by atoms with van der Waals surface area (Å²) in [5, 5.41) is 14.0. The first-order valence-electron chi connectivity index (χ1n) is 6.72. The zero-order valence-electron chi connectivity index (χ0n) is 12.1. The maximum atomic E-state index is 11.7. The zero-order valence-corrected chi connectivity index (χ0v) is 12.1. The molecule has 7 heteroatoms. The van der Waals surface area contributed by atoms with Gasteiger partial charge in [0.2, 0.25) is 5.91 Å². The van der Waals surface area contributed by atoms with Gasteiger partial charge in [0.1, 0.15) is 12.3 Å². The van der Waals surface area contributed by atoms with E-state index >= 15 is 0 Å². The lowest BCUT2D eigenvalue weighted by Crippen LogP contribution is -2.42. The van der Waals surface area contributed by atoms with E-state index in [1.165, 1.54) is 18.6 Å². The van der Waals surface area contributed by atoms with Gasteiger partial charge in [-0.25, -0.2) is 4.79 Å². The number of carboxylic acid groups (broad SMARTS) is 1. The number of amides is 2. The van der Waals surface area contributed by atoms with Crippen LogP contribution >= 0.6 is 0 Å². The Labute approximate surface area is 122 Å². The summed E-state index contributed by atoms with van der Waals surface area (Å²) in [6.07, 6.45) is 3.07. The van der Waals surface area contributed by atoms with Gasteiger partial charge in [-0.2, -0.15) is 0 Å². The minimum absolute atomic E-state index is 0.0193. The zero-order chi connectivity index (χ0) is 15.8. The summed E-state index contributed by atoms with van der Waals surface area (Å²) in [5.41, 5.74) is 0.374. The van der Waals surface area contributed by atoms with Crippen molar-refractivity contribution in [2.75, 3.05) is 6.54 Å². The molecule has 1 heterocycles. The molecule has 0 aliphatic carbocycles. The monoisotopic (exact) mass is 296 g/mol. The van der Waals surface area contributed by atoms with E-state index in [2.05, 4.69) is 10.6 Å². The molecule has 0 aromatic carbocycles. The second-order valence-electron chi connectivity index (χ2n) is 5.11. The third kappa shape index (κ3) is 6.11. The van der Waals surface area contributed by atoms with Crippen molar-refractivity contribution >= 4 is 17.8 Å². The van der Waals surface area contributed by atoms with Gasteiger partial charge >= 0.3 is 5.97 Å². The van der Waals surface area contributed by atoms with Crippen LogP contribution in [0, 0.1) is 5.92 Å². The van der Waals surface area contributed by atoms with Gasteiger partial charge in [-0.15, -0.1) is 0 Å². The van der Waals surface area contributed by atoms with E-state index in [0.29, 0.717) is 12.0 Å². The SMILES string of the molecule is CC(C)C[C@@H](NC(=O)CCNC(=O)c1ccoc1)C(=O)O. The number of rotatable bonds is 8. The van der Waals surface area contributed by atoms with Crippen molar-refractivity contribution in [2.45, 2.75) is 32.7 Å². The Morgan fingerprint density at radius 1 is 1.33 bits per heavy atom. The van der Waals surface area contributed by atoms with Gasteiger partial charge in [0.05, 0.1) is 11.8 Å². The molecular formula is C14H20N2O5. The van der Waals surface area contributed by atoms with Crippen molar-refractivity contribution in [2.24, 2.45) is 5.92 Å². The molecule has 0 bridgehead atoms. The fourth-order valence-electron chi connectivity index (χ4n) is 1.74. The van der Waals surface area contributed by atoms with Gasteiger partial charge in [0, 0.05) is 13.0 Å². The van der Waals surface area contributed by atoms with Crippen molar-refractivity contribution in [3.63, 3.8) is 0 Å². The van der Waals surface area contributed by atoms with Gasteiger partial charge in [0.25, 0.3) is 5.91 Å². The molecule has 0 spiro atoms. The van der Waals surface area contributed by atoms with Crippen molar-refractivity contribution < 1.29 is 23.9 Å². The fraction of sp³-hybridized carbons (Fsp3) is 0.500. The van der Waals surface area contributed by atoms with Gasteiger partial charge in [-0.1, -0.05) is 13.8 Å². The molecule has 0 radical (unpaired) electrons. The molecule has 21 heavy (non-hydrogen) atoms. The van der Waals surface area contributed by atoms with Gasteiger partial charge in [0.15, 0.2) is 0 Å². The average molecular weight is 296 g/mol. The molecule has 116 valence electrons. The molecule has 1 atom stereocenters. The number of furan rings is 1. The first-order chi connectivity index (χ1) is 9.90. The van der Waals surface area contributed by atoms with Crippen molar-refractivity contribution in [1.29, 1.82) is 0 Å². The third-order valence-electron chi connectivity index (χ3n) is 2.76. The quantitative estimate of drug-likeness (QED) is 0.663. The molecule has 3 N–H and O–H groups in total. The number of nitrogens with one attached hydrogen (secondary N) is 2. The number of carboxylic acids is 1. The van der Waals surface area contributed by atoms with Crippen LogP contribution < -0.4 is 10.6 Å². The molecule has 0 aliphatic heterocycles. The summed E-state index contributed by atoms with van der Waals surface area (Å²) < 4.78 is 4.77. The number of hydrogen-bond acceptors (Lipinski definition) is 4. The standard InChI is InChI=1S/C14H20N2O5/c1-9(2)7-11(14(19)20)16-12(17)3-5-15-13(18)10-4-6-21-8-10/h4,6,8-9,11H,3,5,7H2,1-2H3,(H,15,18)(H,16,17)(H,19,20)/t11-/m1/s1. The van der Waals surface area contributed by atoms with Crippen LogP contribution in [0.4, 0.5) is 0 Å². The Balaban J connectivity index is 2.32. The highest BCUT2D eigenvalue weighted by atomic mass is 16.4. The minimum Gasteiger partial charge on any atom is -0.480 e. The van der Waals surface area contributed by atoms with Crippen molar-refractivity contribution in [1.82, 2.24) is 10.6 Å². The lowest BCUT2D eigenvalue weighted by molar-refractivity contribution is -0.142. The van der Waals surface area contributed by atoms with E-state index in [1.54, 1.807) is 0 Å². The predicted octanol–water partition coefficient (Wildman–Crippen LogP) is 1.01. The molecule has 7 nitrogen and oxygen atoms in total. The van der Waals surface area contributed by atoms with Crippen molar-refractivity contribution in [3.05, 3.63) is 24.2 Å². The smallest absolute Gasteiger partial charge is 0.326 e. The highest BCUT2D eigenvalue weighted by Gasteiger charge is 2.20. The molecule has 2 amide bonds. The van der Waals surface area contributed by atoms with Crippen LogP contribution in [0.1, 0.15) is 37.0 Å². The molecule has 1 aromatic heterocycles. The summed E-state index contributed by atoms with van der Waals surface area (Å²) >= 11 is 0. The summed E-state index contributed by atoms with van der Waals surface area (Å²) in [7, 11) is 0. The maximum Gasteiger partial charge on any atom is 0.326 e. The molecule has 0 saturated heterocycles. The van der Waals surface area contributed by atoms with Crippen LogP contribution in [0.25, 0.3) is 0 Å². The van der Waals surface area contributed by atoms with Crippen LogP contribution in [0.15, 0.2) is 23.0 Å². The molecule has 1 rings (SSSR count). The van der Waals surface area contributed by atoms with E-state index in [1.807, 2.05) is 13.8 Å². The van der Waals surface area contributed by atoms with Crippen LogP contribution in [-0.2, 0) is 9.59 Å². The average Bonchev–Trinajstić information content (AvgIpc) is 2.91. The Morgan fingerprint density at radius 2 is 2.05 bits per heavy atom. The summed E-state index contributed by atoms with van der Waals surface area (Å²) in [6, 6.07) is 0.612. The second-order valence-corrected chi connectivity index (χ2v) is 5.11. The number of carbonyl (C=O) groups excluding carboxylic acids is 2. The Kier molecular flexibility index (Phi) is 6.45. The third-order valence-corrected chi connectivity index (χ3v) is 2.76. The van der Waals surface area contributed by atoms with Crippen LogP contribution in [-0.4, -0.2) is 35.5 Å². The molecule has 0 saturated carbocycles. The number of carbonyl (C=O) groups is 3. The van der Waals surface area contributed by atoms with Crippen LogP contribution in [0.5, 0.6) is 0 Å².